The van der Waals surface area contributed by atoms with Crippen molar-refractivity contribution in [3.63, 3.8) is 0 Å². The summed E-state index contributed by atoms with van der Waals surface area (Å²) in [5.41, 5.74) is 11.0. The summed E-state index contributed by atoms with van der Waals surface area (Å²) in [6.45, 7) is 12.0. The highest BCUT2D eigenvalue weighted by atomic mass is 14.2. The molecule has 2 aliphatic carbocycles. The van der Waals surface area contributed by atoms with E-state index in [0.29, 0.717) is 0 Å². The molecule has 0 aliphatic heterocycles. The van der Waals surface area contributed by atoms with Gasteiger partial charge in [-0.05, 0) is 109 Å². The summed E-state index contributed by atoms with van der Waals surface area (Å²) in [6, 6.07) is 74.2. The molecular weight excluding hydrogens is 721 g/mol. The highest BCUT2D eigenvalue weighted by Crippen LogP contribution is 2.48. The SMILES string of the molecule is CC.CC.CC.c1ccc2c(c1)-c1cccc3cccc-2c13.c1ccc2c(c1)-c1cccc3cccc-2c13.c1ccc2c(c1)ccc1c2ccc2c3ccccc3ccc21. The van der Waals surface area contributed by atoms with Crippen LogP contribution in [0.25, 0.3) is 109 Å². The Bertz CT molecular complexity index is 2940. The predicted molar refractivity (Wildman–Crippen MR) is 267 cm³/mol. The van der Waals surface area contributed by atoms with Crippen LogP contribution >= 0.6 is 0 Å². The Morgan fingerprint density at radius 2 is 0.400 bits per heavy atom. The van der Waals surface area contributed by atoms with Crippen LogP contribution in [0.2, 0.25) is 0 Å². The molecule has 0 aromatic heterocycles. The van der Waals surface area contributed by atoms with E-state index in [0.717, 1.165) is 0 Å². The standard InChI is InChI=1S/C22H14.2C16H10.3C2H6/c1-3-7-17-15(5-1)9-11-21-19(17)13-14-20-18-8-4-2-6-16(18)10-12-22(20)21;2*1-2-8-13-12(7-1)14-9-3-5-11-6-4-10-15(13)16(11)14;3*1-2/h1-14H;2*1-10H;3*1-2H3. The van der Waals surface area contributed by atoms with Gasteiger partial charge in [-0.3, -0.25) is 0 Å². The zero-order valence-electron chi connectivity index (χ0n) is 35.6. The minimum absolute atomic E-state index is 1.30. The third-order valence-electron chi connectivity index (χ3n) is 11.5. The Balaban J connectivity index is 0.000000119. The molecule has 11 aromatic rings. The van der Waals surface area contributed by atoms with Crippen LogP contribution in [0.3, 0.4) is 0 Å². The van der Waals surface area contributed by atoms with Gasteiger partial charge in [0.05, 0.1) is 0 Å². The second-order valence-electron chi connectivity index (χ2n) is 14.3. The van der Waals surface area contributed by atoms with Crippen molar-refractivity contribution in [3.8, 4) is 44.5 Å². The van der Waals surface area contributed by atoms with Crippen molar-refractivity contribution in [1.82, 2.24) is 0 Å². The van der Waals surface area contributed by atoms with E-state index in [4.69, 9.17) is 0 Å². The highest BCUT2D eigenvalue weighted by molar-refractivity contribution is 6.22. The monoisotopic (exact) mass is 772 g/mol. The van der Waals surface area contributed by atoms with Crippen molar-refractivity contribution in [2.24, 2.45) is 0 Å². The molecule has 0 fully saturated rings. The molecule has 0 saturated heterocycles. The van der Waals surface area contributed by atoms with E-state index >= 15 is 0 Å². The molecular formula is C60H52. The Kier molecular flexibility index (Phi) is 11.8. The fourth-order valence-corrected chi connectivity index (χ4v) is 9.07. The molecule has 0 heteroatoms. The average molecular weight is 773 g/mol. The molecule has 0 heterocycles. The van der Waals surface area contributed by atoms with Gasteiger partial charge >= 0.3 is 0 Å². The van der Waals surface area contributed by atoms with Gasteiger partial charge in [0, 0.05) is 0 Å². The zero-order chi connectivity index (χ0) is 41.6. The summed E-state index contributed by atoms with van der Waals surface area (Å²) < 4.78 is 0. The van der Waals surface area contributed by atoms with Gasteiger partial charge in [-0.25, -0.2) is 0 Å². The summed E-state index contributed by atoms with van der Waals surface area (Å²) in [7, 11) is 0. The van der Waals surface area contributed by atoms with Crippen LogP contribution in [-0.4, -0.2) is 0 Å². The van der Waals surface area contributed by atoms with Crippen LogP contribution in [-0.2, 0) is 0 Å². The molecule has 2 aliphatic rings. The van der Waals surface area contributed by atoms with Gasteiger partial charge in [0.25, 0.3) is 0 Å². The molecule has 0 saturated carbocycles. The maximum Gasteiger partial charge on any atom is -0.00264 e. The predicted octanol–water partition coefficient (Wildman–Crippen LogP) is 18.4. The quantitative estimate of drug-likeness (QED) is 0.135. The fourth-order valence-electron chi connectivity index (χ4n) is 9.07. The Hall–Kier alpha value is -7.02. The van der Waals surface area contributed by atoms with Crippen LogP contribution in [0.5, 0.6) is 0 Å². The van der Waals surface area contributed by atoms with Crippen molar-refractivity contribution in [2.75, 3.05) is 0 Å². The van der Waals surface area contributed by atoms with Gasteiger partial charge in [0.15, 0.2) is 0 Å². The van der Waals surface area contributed by atoms with Crippen LogP contribution in [0, 0.1) is 0 Å². The fraction of sp³-hybridized carbons (Fsp3) is 0.100. The van der Waals surface area contributed by atoms with Crippen LogP contribution in [0.4, 0.5) is 0 Å². The van der Waals surface area contributed by atoms with Crippen molar-refractivity contribution in [3.05, 3.63) is 206 Å². The number of rotatable bonds is 0. The van der Waals surface area contributed by atoms with Gasteiger partial charge < -0.3 is 0 Å². The van der Waals surface area contributed by atoms with E-state index in [9.17, 15) is 0 Å². The lowest BCUT2D eigenvalue weighted by Gasteiger charge is -2.09. The largest absolute Gasteiger partial charge is 0.0683 e. The van der Waals surface area contributed by atoms with E-state index in [1.807, 2.05) is 41.5 Å². The summed E-state index contributed by atoms with van der Waals surface area (Å²) in [4.78, 5) is 0. The van der Waals surface area contributed by atoms with Crippen LogP contribution < -0.4 is 0 Å². The summed E-state index contributed by atoms with van der Waals surface area (Å²) in [5, 5.41) is 16.1. The molecule has 13 rings (SSSR count). The van der Waals surface area contributed by atoms with Gasteiger partial charge in [0.1, 0.15) is 0 Å². The maximum absolute atomic E-state index is 2.27. The first kappa shape index (κ1) is 39.8. The van der Waals surface area contributed by atoms with E-state index in [2.05, 4.69) is 206 Å². The molecule has 60 heavy (non-hydrogen) atoms. The molecule has 0 unspecified atom stereocenters. The van der Waals surface area contributed by atoms with Gasteiger partial charge in [0.2, 0.25) is 0 Å². The molecule has 11 aromatic carbocycles. The second kappa shape index (κ2) is 17.9. The minimum Gasteiger partial charge on any atom is -0.0683 e. The lowest BCUT2D eigenvalue weighted by molar-refractivity contribution is 1.50. The van der Waals surface area contributed by atoms with Gasteiger partial charge in [-0.1, -0.05) is 248 Å². The summed E-state index contributed by atoms with van der Waals surface area (Å²) in [6.07, 6.45) is 0. The first-order valence-electron chi connectivity index (χ1n) is 21.8. The summed E-state index contributed by atoms with van der Waals surface area (Å²) >= 11 is 0. The third-order valence-corrected chi connectivity index (χ3v) is 11.5. The number of hydrogen-bond acceptors (Lipinski definition) is 0. The molecule has 0 nitrogen and oxygen atoms in total. The third kappa shape index (κ3) is 6.89. The van der Waals surface area contributed by atoms with Gasteiger partial charge in [-0.2, -0.15) is 0 Å². The first-order chi connectivity index (χ1) is 29.8. The Morgan fingerprint density at radius 3 is 0.733 bits per heavy atom. The molecule has 0 spiro atoms. The first-order valence-corrected chi connectivity index (χ1v) is 21.8. The summed E-state index contributed by atoms with van der Waals surface area (Å²) in [5.74, 6) is 0. The van der Waals surface area contributed by atoms with Crippen molar-refractivity contribution >= 4 is 64.6 Å². The van der Waals surface area contributed by atoms with E-state index < -0.39 is 0 Å². The van der Waals surface area contributed by atoms with Crippen LogP contribution in [0.1, 0.15) is 41.5 Å². The molecule has 292 valence electrons. The second-order valence-corrected chi connectivity index (χ2v) is 14.3. The lowest BCUT2D eigenvalue weighted by atomic mass is 9.94. The molecule has 0 amide bonds. The number of fused-ring (bicyclic) bond motifs is 13. The zero-order valence-corrected chi connectivity index (χ0v) is 35.6. The number of benzene rings is 11. The van der Waals surface area contributed by atoms with Crippen LogP contribution in [0.15, 0.2) is 206 Å². The molecule has 0 N–H and O–H groups in total. The van der Waals surface area contributed by atoms with E-state index in [-0.39, 0.29) is 0 Å². The molecule has 0 atom stereocenters. The van der Waals surface area contributed by atoms with Crippen molar-refractivity contribution < 1.29 is 0 Å². The Labute approximate surface area is 355 Å². The van der Waals surface area contributed by atoms with E-state index in [1.54, 1.807) is 0 Å². The maximum atomic E-state index is 2.27. The minimum atomic E-state index is 1.30. The normalized spacial score (nSPS) is 10.8. The smallest absolute Gasteiger partial charge is 0.00264 e. The van der Waals surface area contributed by atoms with Crippen molar-refractivity contribution in [1.29, 1.82) is 0 Å². The van der Waals surface area contributed by atoms with E-state index in [1.165, 1.54) is 109 Å². The highest BCUT2D eigenvalue weighted by Gasteiger charge is 2.20. The van der Waals surface area contributed by atoms with Gasteiger partial charge in [-0.15, -0.1) is 0 Å². The van der Waals surface area contributed by atoms with Crippen molar-refractivity contribution in [2.45, 2.75) is 41.5 Å². The lowest BCUT2D eigenvalue weighted by Crippen LogP contribution is -1.82. The topological polar surface area (TPSA) is 0 Å². The average Bonchev–Trinajstić information content (AvgIpc) is 3.86. The molecule has 0 radical (unpaired) electrons. The Morgan fingerprint density at radius 1 is 0.167 bits per heavy atom. The molecule has 0 bridgehead atoms. The number of hydrogen-bond donors (Lipinski definition) is 0.